The Morgan fingerprint density at radius 3 is 0.944 bits per heavy atom. The molecule has 0 spiro atoms. The lowest BCUT2D eigenvalue weighted by Gasteiger charge is -2.21. The minimum Gasteiger partial charge on any atom is -0.309 e. The Hall–Kier alpha value is -16.7. The van der Waals surface area contributed by atoms with Crippen molar-refractivity contribution in [2.45, 2.75) is 92.9 Å². The Labute approximate surface area is 809 Å². The van der Waals surface area contributed by atoms with Gasteiger partial charge in [-0.15, -0.1) is 0 Å². The molecule has 22 rings (SSSR count). The zero-order valence-electron chi connectivity index (χ0n) is 78.0. The van der Waals surface area contributed by atoms with Crippen LogP contribution in [0.2, 0.25) is 0 Å². The smallest absolute Gasteiger partial charge is 0.309 e. The molecule has 0 aliphatic heterocycles. The molecule has 0 atom stereocenters. The topological polar surface area (TPSA) is 67.3 Å². The van der Waals surface area contributed by atoms with E-state index in [1.54, 1.807) is 60.7 Å². The molecule has 18 aromatic carbocycles. The first-order chi connectivity index (χ1) is 68.1. The fourth-order valence-electron chi connectivity index (χ4n) is 22.2. The van der Waals surface area contributed by atoms with Crippen molar-refractivity contribution in [3.8, 4) is 124 Å². The molecule has 694 valence electrons. The van der Waals surface area contributed by atoms with Gasteiger partial charge < -0.3 is 18.3 Å². The van der Waals surface area contributed by atoms with Gasteiger partial charge in [-0.05, 0) is 308 Å². The average molecular weight is 1890 g/mol. The summed E-state index contributed by atoms with van der Waals surface area (Å²) in [4.78, 5) is 0. The van der Waals surface area contributed by atoms with Crippen molar-refractivity contribution >= 4 is 87.2 Å². The number of halogens is 12. The Kier molecular flexibility index (Phi) is 21.7. The minimum absolute atomic E-state index is 0.00101. The standard InChI is InChI=1S/C124H84F12N6/c1-69-47-70(2)54-87(53-69)80-29-41-111-99(59-80)93-17-9-13-21-107(93)139(111)112-43-31-82(91-39-35-89(121(125,126)127)65-105(91)123(131,132)133)61-101(112)97-37-26-78(67-137)57-117(97)141-109-23-15-11-18-94(109)100-60-81(30-42-115(100)141)88-55-73(5)51-77(56-88)25-28-84-52-72(4)50-76(8)120(84)86-34-46-114-104(64-86)95-19-10-14-22-108(95)140(114)113-44-32-83(92-40-36-90(122(128,129)130)66-106(92)124(134,135)136)62-102(113)98-38-27-79(68-138)58-118(98)142-110-24-16-12-20-96(110)103-63-85(33-45-116(103)142)119-74(6)48-71(3)49-75(119)7/h9-24,26-27,29-66H,25,28H2,1-8H3. The average Bonchev–Trinajstić information content (AvgIpc) is 1.56. The third-order valence-electron chi connectivity index (χ3n) is 27.9. The third kappa shape index (κ3) is 15.7. The summed E-state index contributed by atoms with van der Waals surface area (Å²) in [6.07, 6.45) is -19.4. The van der Waals surface area contributed by atoms with Crippen LogP contribution < -0.4 is 0 Å². The first-order valence-electron chi connectivity index (χ1n) is 46.6. The van der Waals surface area contributed by atoms with E-state index >= 15 is 26.3 Å². The fraction of sp³-hybridized carbons (Fsp3) is 0.113. The molecule has 0 bridgehead atoms. The van der Waals surface area contributed by atoms with E-state index in [0.717, 1.165) is 199 Å². The van der Waals surface area contributed by atoms with Gasteiger partial charge in [-0.3, -0.25) is 0 Å². The van der Waals surface area contributed by atoms with Crippen LogP contribution in [-0.2, 0) is 37.5 Å². The van der Waals surface area contributed by atoms with Crippen molar-refractivity contribution in [2.75, 3.05) is 0 Å². The highest BCUT2D eigenvalue weighted by molar-refractivity contribution is 6.16. The molecule has 22 aromatic rings. The number of nitriles is 2. The molecule has 142 heavy (non-hydrogen) atoms. The van der Waals surface area contributed by atoms with Gasteiger partial charge in [0.25, 0.3) is 0 Å². The fourth-order valence-corrected chi connectivity index (χ4v) is 22.2. The maximum atomic E-state index is 15.6. The van der Waals surface area contributed by atoms with E-state index in [2.05, 4.69) is 187 Å². The molecule has 4 heterocycles. The van der Waals surface area contributed by atoms with E-state index < -0.39 is 58.1 Å². The molecule has 0 radical (unpaired) electrons. The van der Waals surface area contributed by atoms with E-state index in [4.69, 9.17) is 0 Å². The van der Waals surface area contributed by atoms with Gasteiger partial charge in [0.15, 0.2) is 0 Å². The van der Waals surface area contributed by atoms with Crippen LogP contribution in [0.1, 0.15) is 89.0 Å². The van der Waals surface area contributed by atoms with E-state index in [0.29, 0.717) is 75.5 Å². The molecule has 4 aromatic heterocycles. The van der Waals surface area contributed by atoms with E-state index in [1.165, 1.54) is 12.1 Å². The summed E-state index contributed by atoms with van der Waals surface area (Å²) in [5.74, 6) is 0. The Morgan fingerprint density at radius 2 is 0.549 bits per heavy atom. The second-order valence-electron chi connectivity index (χ2n) is 37.5. The van der Waals surface area contributed by atoms with Gasteiger partial charge in [0.05, 0.1) is 112 Å². The van der Waals surface area contributed by atoms with Crippen LogP contribution in [0, 0.1) is 78.1 Å². The zero-order chi connectivity index (χ0) is 98.8. The lowest BCUT2D eigenvalue weighted by molar-refractivity contribution is -0.144. The van der Waals surface area contributed by atoms with Crippen LogP contribution in [0.5, 0.6) is 0 Å². The lowest BCUT2D eigenvalue weighted by atomic mass is 9.89. The summed E-state index contributed by atoms with van der Waals surface area (Å²) < 4.78 is 188. The number of benzene rings is 18. The monoisotopic (exact) mass is 1880 g/mol. The number of para-hydroxylation sites is 4. The van der Waals surface area contributed by atoms with Crippen molar-refractivity contribution in [2.24, 2.45) is 0 Å². The van der Waals surface area contributed by atoms with Gasteiger partial charge in [-0.2, -0.15) is 63.2 Å². The van der Waals surface area contributed by atoms with Crippen LogP contribution in [0.4, 0.5) is 52.7 Å². The Balaban J connectivity index is 0.650. The molecule has 0 amide bonds. The van der Waals surface area contributed by atoms with Crippen molar-refractivity contribution in [1.29, 1.82) is 10.5 Å². The molecule has 0 aliphatic carbocycles. The first-order valence-corrected chi connectivity index (χ1v) is 46.6. The van der Waals surface area contributed by atoms with Gasteiger partial charge in [0, 0.05) is 65.3 Å². The molecule has 0 saturated heterocycles. The lowest BCUT2D eigenvalue weighted by Crippen LogP contribution is -2.12. The molecule has 6 nitrogen and oxygen atoms in total. The summed E-state index contributed by atoms with van der Waals surface area (Å²) in [6, 6.07) is 107. The van der Waals surface area contributed by atoms with Crippen molar-refractivity contribution in [3.05, 3.63) is 429 Å². The summed E-state index contributed by atoms with van der Waals surface area (Å²) in [6.45, 7) is 16.6. The van der Waals surface area contributed by atoms with Gasteiger partial charge in [-0.25, -0.2) is 0 Å². The predicted octanol–water partition coefficient (Wildman–Crippen LogP) is 35.5. The van der Waals surface area contributed by atoms with Crippen LogP contribution >= 0.6 is 0 Å². The maximum absolute atomic E-state index is 15.6. The summed E-state index contributed by atoms with van der Waals surface area (Å²) >= 11 is 0. The number of aryl methyl sites for hydroxylation is 10. The van der Waals surface area contributed by atoms with Gasteiger partial charge in [0.1, 0.15) is 0 Å². The van der Waals surface area contributed by atoms with Crippen molar-refractivity contribution < 1.29 is 52.7 Å². The summed E-state index contributed by atoms with van der Waals surface area (Å²) in [7, 11) is 0. The highest BCUT2D eigenvalue weighted by atomic mass is 19.4. The molecule has 0 aliphatic rings. The number of fused-ring (bicyclic) bond motifs is 12. The maximum Gasteiger partial charge on any atom is 0.417 e. The Bertz CT molecular complexity index is 9140. The number of alkyl halides is 12. The second-order valence-corrected chi connectivity index (χ2v) is 37.5. The van der Waals surface area contributed by atoms with Gasteiger partial charge >= 0.3 is 24.7 Å². The number of hydrogen-bond acceptors (Lipinski definition) is 2. The third-order valence-corrected chi connectivity index (χ3v) is 27.9. The van der Waals surface area contributed by atoms with Crippen LogP contribution in [0.15, 0.2) is 340 Å². The number of nitrogens with zero attached hydrogens (tertiary/aromatic N) is 6. The van der Waals surface area contributed by atoms with Gasteiger partial charge in [-0.1, -0.05) is 222 Å². The largest absolute Gasteiger partial charge is 0.417 e. The summed E-state index contributed by atoms with van der Waals surface area (Å²) in [5.41, 5.74) is 22.6. The molecular weight excluding hydrogens is 1800 g/mol. The quantitative estimate of drug-likeness (QED) is 0.0960. The van der Waals surface area contributed by atoms with E-state index in [-0.39, 0.29) is 28.8 Å². The zero-order valence-corrected chi connectivity index (χ0v) is 78.0. The van der Waals surface area contributed by atoms with E-state index in [9.17, 15) is 36.9 Å². The minimum atomic E-state index is -5.21. The SMILES string of the molecule is Cc1cc(C)cc(-c2ccc3c(c2)c2ccccc2n3-c2ccc(-c3ccc(C(F)(F)F)cc3C(F)(F)F)cc2-c2ccc(C#N)cc2-n2c3ccccc3c3cc(-c4cc(C)cc(CCc5cc(C)cc(C)c5-c5ccc6c(c5)c5ccccc5n6-c5ccc(-c6ccc(C(F)(F)F)cc6C(F)(F)F)cc5-c5ccc(C#N)cc5-n5c6ccccc6c6cc(-c7c(C)cc(C)cc7C)ccc65)c4)ccc32)c1. The second kappa shape index (κ2) is 34.1. The molecule has 0 N–H and O–H groups in total. The van der Waals surface area contributed by atoms with Crippen molar-refractivity contribution in [1.82, 2.24) is 18.3 Å². The van der Waals surface area contributed by atoms with Crippen LogP contribution in [0.25, 0.3) is 199 Å². The van der Waals surface area contributed by atoms with E-state index in [1.807, 2.05) is 129 Å². The number of aromatic nitrogens is 4. The summed E-state index contributed by atoms with van der Waals surface area (Å²) in [5, 5.41) is 28.8. The molecule has 0 fully saturated rings. The molecule has 0 saturated carbocycles. The van der Waals surface area contributed by atoms with Gasteiger partial charge in [0.2, 0.25) is 0 Å². The number of rotatable bonds is 15. The highest BCUT2D eigenvalue weighted by Gasteiger charge is 2.41. The molecular formula is C124H84F12N6. The molecule has 0 unspecified atom stereocenters. The molecule has 18 heteroatoms. The Morgan fingerprint density at radius 1 is 0.225 bits per heavy atom. The normalized spacial score (nSPS) is 12.3. The first kappa shape index (κ1) is 90.4. The van der Waals surface area contributed by atoms with Crippen LogP contribution in [0.3, 0.4) is 0 Å². The highest BCUT2D eigenvalue weighted by Crippen LogP contribution is 2.52. The number of hydrogen-bond donors (Lipinski definition) is 0. The van der Waals surface area contributed by atoms with Crippen molar-refractivity contribution in [3.63, 3.8) is 0 Å². The van der Waals surface area contributed by atoms with Crippen LogP contribution in [-0.4, -0.2) is 18.3 Å². The predicted molar refractivity (Wildman–Crippen MR) is 548 cm³/mol.